The molecule has 0 spiro atoms. The van der Waals surface area contributed by atoms with Crippen LogP contribution in [0.1, 0.15) is 10.4 Å². The molecule has 0 radical (unpaired) electrons. The van der Waals surface area contributed by atoms with Gasteiger partial charge in [-0.25, -0.2) is 9.59 Å². The van der Waals surface area contributed by atoms with E-state index >= 15 is 0 Å². The highest BCUT2D eigenvalue weighted by atomic mass is 19.1. The Hall–Kier alpha value is -2.77. The predicted octanol–water partition coefficient (Wildman–Crippen LogP) is -0.115. The predicted molar refractivity (Wildman–Crippen MR) is 60.9 cm³/mol. The maximum atomic E-state index is 13.0. The summed E-state index contributed by atoms with van der Waals surface area (Å²) in [5.41, 5.74) is -1.75. The first kappa shape index (κ1) is 12.7. The van der Waals surface area contributed by atoms with Gasteiger partial charge in [0.1, 0.15) is 0 Å². The van der Waals surface area contributed by atoms with E-state index in [-0.39, 0.29) is 5.56 Å². The number of ether oxygens (including phenoxy) is 1. The number of carbonyl (C=O) groups is 1. The second-order valence-electron chi connectivity index (χ2n) is 3.50. The molecule has 0 aromatic carbocycles. The van der Waals surface area contributed by atoms with E-state index in [2.05, 4.69) is 4.98 Å². The fraction of sp³-hybridized carbons (Fsp3) is 0.0909. The van der Waals surface area contributed by atoms with Crippen molar-refractivity contribution < 1.29 is 13.9 Å². The van der Waals surface area contributed by atoms with Crippen molar-refractivity contribution in [3.63, 3.8) is 0 Å². The molecule has 19 heavy (non-hydrogen) atoms. The fourth-order valence-electron chi connectivity index (χ4n) is 1.28. The number of carbonyl (C=O) groups excluding carboxylic acids is 1. The van der Waals surface area contributed by atoms with E-state index in [0.717, 1.165) is 4.57 Å². The number of hydrogen-bond donors (Lipinski definition) is 1. The molecule has 0 aliphatic carbocycles. The number of nitrogens with one attached hydrogen (secondary N) is 1. The standard InChI is InChI=1S/C11H8FN3O4/c12-8-5-15(11(18)14-9(8)16)6-19-10(17)7-1-3-13-4-2-7/h1-5H,6H2,(H,14,16,18). The molecule has 0 amide bonds. The summed E-state index contributed by atoms with van der Waals surface area (Å²) < 4.78 is 18.5. The molecule has 2 aromatic rings. The van der Waals surface area contributed by atoms with Gasteiger partial charge in [0.05, 0.1) is 11.8 Å². The van der Waals surface area contributed by atoms with Gasteiger partial charge < -0.3 is 4.74 Å². The zero-order chi connectivity index (χ0) is 13.8. The van der Waals surface area contributed by atoms with Crippen molar-refractivity contribution in [3.05, 3.63) is 62.9 Å². The van der Waals surface area contributed by atoms with Crippen LogP contribution in [0.15, 0.2) is 40.3 Å². The first-order valence-electron chi connectivity index (χ1n) is 5.14. The Bertz CT molecular complexity index is 708. The highest BCUT2D eigenvalue weighted by molar-refractivity contribution is 5.88. The Balaban J connectivity index is 2.12. The fourth-order valence-corrected chi connectivity index (χ4v) is 1.28. The molecule has 0 unspecified atom stereocenters. The largest absolute Gasteiger partial charge is 0.440 e. The molecule has 0 fully saturated rings. The minimum Gasteiger partial charge on any atom is -0.440 e. The zero-order valence-electron chi connectivity index (χ0n) is 9.50. The highest BCUT2D eigenvalue weighted by Crippen LogP contribution is 1.99. The summed E-state index contributed by atoms with van der Waals surface area (Å²) in [5, 5.41) is 0. The molecular weight excluding hydrogens is 257 g/mol. The second-order valence-corrected chi connectivity index (χ2v) is 3.50. The average molecular weight is 265 g/mol. The number of rotatable bonds is 3. The summed E-state index contributed by atoms with van der Waals surface area (Å²) in [7, 11) is 0. The van der Waals surface area contributed by atoms with Gasteiger partial charge in [-0.3, -0.25) is 19.3 Å². The number of aromatic amines is 1. The molecule has 0 saturated heterocycles. The average Bonchev–Trinajstić information content (AvgIpc) is 2.42. The Morgan fingerprint density at radius 1 is 1.37 bits per heavy atom. The Kier molecular flexibility index (Phi) is 3.51. The van der Waals surface area contributed by atoms with Crippen molar-refractivity contribution in [2.45, 2.75) is 6.73 Å². The first-order chi connectivity index (χ1) is 9.08. The van der Waals surface area contributed by atoms with Crippen LogP contribution in [0, 0.1) is 5.82 Å². The lowest BCUT2D eigenvalue weighted by molar-refractivity contribution is 0.0361. The number of esters is 1. The molecule has 98 valence electrons. The number of hydrogen-bond acceptors (Lipinski definition) is 5. The van der Waals surface area contributed by atoms with Crippen molar-refractivity contribution in [1.29, 1.82) is 0 Å². The lowest BCUT2D eigenvalue weighted by atomic mass is 10.3. The number of nitrogens with zero attached hydrogens (tertiary/aromatic N) is 2. The number of H-pyrrole nitrogens is 1. The molecule has 0 aliphatic heterocycles. The van der Waals surface area contributed by atoms with Crippen LogP contribution in [-0.2, 0) is 11.5 Å². The second kappa shape index (κ2) is 5.25. The minimum atomic E-state index is -1.14. The molecule has 0 atom stereocenters. The molecule has 1 N–H and O–H groups in total. The van der Waals surface area contributed by atoms with Crippen molar-refractivity contribution in [2.75, 3.05) is 0 Å². The maximum Gasteiger partial charge on any atom is 0.339 e. The molecule has 8 heteroatoms. The van der Waals surface area contributed by atoms with Gasteiger partial charge in [0.15, 0.2) is 6.73 Å². The van der Waals surface area contributed by atoms with Crippen molar-refractivity contribution in [1.82, 2.24) is 14.5 Å². The summed E-state index contributed by atoms with van der Waals surface area (Å²) in [5.74, 6) is -1.83. The van der Waals surface area contributed by atoms with E-state index in [9.17, 15) is 18.8 Å². The van der Waals surface area contributed by atoms with Crippen LogP contribution in [-0.4, -0.2) is 20.5 Å². The van der Waals surface area contributed by atoms with Gasteiger partial charge in [0.2, 0.25) is 5.82 Å². The van der Waals surface area contributed by atoms with Gasteiger partial charge in [0, 0.05) is 12.4 Å². The summed E-state index contributed by atoms with van der Waals surface area (Å²) in [6.07, 6.45) is 3.48. The SMILES string of the molecule is O=C(OCn1cc(F)c(=O)[nH]c1=O)c1ccncc1. The summed E-state index contributed by atoms with van der Waals surface area (Å²) >= 11 is 0. The monoisotopic (exact) mass is 265 g/mol. The lowest BCUT2D eigenvalue weighted by Crippen LogP contribution is -2.32. The summed E-state index contributed by atoms with van der Waals surface area (Å²) in [4.78, 5) is 39.1. The third kappa shape index (κ3) is 2.92. The highest BCUT2D eigenvalue weighted by Gasteiger charge is 2.08. The van der Waals surface area contributed by atoms with Gasteiger partial charge in [-0.1, -0.05) is 0 Å². The number of halogens is 1. The van der Waals surface area contributed by atoms with Crippen LogP contribution in [0.2, 0.25) is 0 Å². The van der Waals surface area contributed by atoms with E-state index in [1.165, 1.54) is 24.5 Å². The van der Waals surface area contributed by atoms with Crippen LogP contribution in [0.3, 0.4) is 0 Å². The van der Waals surface area contributed by atoms with Gasteiger partial charge in [-0.2, -0.15) is 4.39 Å². The third-order valence-electron chi connectivity index (χ3n) is 2.22. The molecule has 2 rings (SSSR count). The van der Waals surface area contributed by atoms with Gasteiger partial charge in [0.25, 0.3) is 5.56 Å². The smallest absolute Gasteiger partial charge is 0.339 e. The molecule has 2 heterocycles. The molecule has 0 saturated carbocycles. The topological polar surface area (TPSA) is 94.0 Å². The molecule has 0 bridgehead atoms. The van der Waals surface area contributed by atoms with Crippen molar-refractivity contribution in [3.8, 4) is 0 Å². The first-order valence-corrected chi connectivity index (χ1v) is 5.14. The van der Waals surface area contributed by atoms with E-state index in [4.69, 9.17) is 4.74 Å². The van der Waals surface area contributed by atoms with E-state index < -0.39 is 29.8 Å². The van der Waals surface area contributed by atoms with Crippen LogP contribution < -0.4 is 11.2 Å². The van der Waals surface area contributed by atoms with Gasteiger partial charge >= 0.3 is 11.7 Å². The summed E-state index contributed by atoms with van der Waals surface area (Å²) in [6.45, 7) is -0.506. The summed E-state index contributed by atoms with van der Waals surface area (Å²) in [6, 6.07) is 2.86. The zero-order valence-corrected chi connectivity index (χ0v) is 9.50. The van der Waals surface area contributed by atoms with Crippen molar-refractivity contribution >= 4 is 5.97 Å². The molecule has 7 nitrogen and oxygen atoms in total. The normalized spacial score (nSPS) is 10.2. The van der Waals surface area contributed by atoms with Crippen LogP contribution >= 0.6 is 0 Å². The Labute approximate surface area is 105 Å². The Morgan fingerprint density at radius 2 is 2.05 bits per heavy atom. The minimum absolute atomic E-state index is 0.243. The lowest BCUT2D eigenvalue weighted by Gasteiger charge is -2.06. The van der Waals surface area contributed by atoms with Gasteiger partial charge in [-0.05, 0) is 12.1 Å². The number of aromatic nitrogens is 3. The Morgan fingerprint density at radius 3 is 2.74 bits per heavy atom. The van der Waals surface area contributed by atoms with Gasteiger partial charge in [-0.15, -0.1) is 0 Å². The van der Waals surface area contributed by atoms with Crippen LogP contribution in [0.25, 0.3) is 0 Å². The third-order valence-corrected chi connectivity index (χ3v) is 2.22. The van der Waals surface area contributed by atoms with E-state index in [1.807, 2.05) is 0 Å². The number of pyridine rings is 1. The quantitative estimate of drug-likeness (QED) is 0.781. The molecule has 0 aliphatic rings. The molecular formula is C11H8FN3O4. The van der Waals surface area contributed by atoms with E-state index in [1.54, 1.807) is 4.98 Å². The maximum absolute atomic E-state index is 13.0. The van der Waals surface area contributed by atoms with E-state index in [0.29, 0.717) is 6.20 Å². The van der Waals surface area contributed by atoms with Crippen LogP contribution in [0.5, 0.6) is 0 Å². The van der Waals surface area contributed by atoms with Crippen molar-refractivity contribution in [2.24, 2.45) is 0 Å². The van der Waals surface area contributed by atoms with Crippen LogP contribution in [0.4, 0.5) is 4.39 Å². The molecule has 2 aromatic heterocycles.